The van der Waals surface area contributed by atoms with Gasteiger partial charge in [-0.15, -0.1) is 5.10 Å². The third-order valence-electron chi connectivity index (χ3n) is 3.44. The lowest BCUT2D eigenvalue weighted by Crippen LogP contribution is -2.13. The van der Waals surface area contributed by atoms with Gasteiger partial charge in [-0.2, -0.15) is 5.48 Å². The summed E-state index contributed by atoms with van der Waals surface area (Å²) in [4.78, 5) is 21.0. The highest BCUT2D eigenvalue weighted by Gasteiger charge is 2.13. The van der Waals surface area contributed by atoms with Crippen LogP contribution in [0.5, 0.6) is 5.88 Å². The Bertz CT molecular complexity index is 887. The second-order valence-electron chi connectivity index (χ2n) is 4.89. The van der Waals surface area contributed by atoms with Crippen molar-refractivity contribution < 1.29 is 14.4 Å². The molecule has 2 heterocycles. The number of carbonyl (C=O) groups excluding carboxylic acids is 1. The van der Waals surface area contributed by atoms with Gasteiger partial charge >= 0.3 is 5.97 Å². The number of nitrogens with zero attached hydrogens (tertiary/aromatic N) is 2. The molecule has 0 aliphatic rings. The molecule has 0 atom stereocenters. The average molecular weight is 324 g/mol. The lowest BCUT2D eigenvalue weighted by Gasteiger charge is -2.08. The van der Waals surface area contributed by atoms with E-state index >= 15 is 0 Å². The number of ether oxygens (including phenoxy) is 1. The number of nitrogens with one attached hydrogen (secondary N) is 2. The molecule has 3 aromatic rings. The number of benzene rings is 1. The van der Waals surface area contributed by atoms with E-state index in [0.29, 0.717) is 17.1 Å². The fourth-order valence-corrected chi connectivity index (χ4v) is 2.39. The predicted molar refractivity (Wildman–Crippen MR) is 89.1 cm³/mol. The zero-order valence-electron chi connectivity index (χ0n) is 13.2. The maximum absolute atomic E-state index is 11.9. The van der Waals surface area contributed by atoms with Gasteiger partial charge < -0.3 is 9.57 Å². The number of hydroxylamine groups is 1. The summed E-state index contributed by atoms with van der Waals surface area (Å²) in [6, 6.07) is 11.2. The summed E-state index contributed by atoms with van der Waals surface area (Å²) in [5, 5.41) is 7.87. The van der Waals surface area contributed by atoms with E-state index in [-0.39, 0.29) is 0 Å². The third kappa shape index (κ3) is 3.11. The molecule has 0 saturated carbocycles. The van der Waals surface area contributed by atoms with Crippen molar-refractivity contribution in [2.24, 2.45) is 0 Å². The lowest BCUT2D eigenvalue weighted by atomic mass is 10.0. The molecule has 122 valence electrons. The monoisotopic (exact) mass is 324 g/mol. The van der Waals surface area contributed by atoms with Crippen LogP contribution in [0.2, 0.25) is 0 Å². The summed E-state index contributed by atoms with van der Waals surface area (Å²) in [5.74, 6) is 0.00921. The number of methoxy groups -OCH3 is 1. The molecule has 0 bridgehead atoms. The molecule has 0 spiro atoms. The normalized spacial score (nSPS) is 11.5. The molecular formula is C17H16N4O3. The summed E-state index contributed by atoms with van der Waals surface area (Å²) in [6.45, 7) is 0. The van der Waals surface area contributed by atoms with Crippen LogP contribution in [0.4, 0.5) is 0 Å². The van der Waals surface area contributed by atoms with Gasteiger partial charge in [0.25, 0.3) is 0 Å². The Hall–Kier alpha value is -3.19. The van der Waals surface area contributed by atoms with E-state index in [4.69, 9.17) is 9.57 Å². The lowest BCUT2D eigenvalue weighted by molar-refractivity contribution is -0.143. The smallest absolute Gasteiger partial charge is 0.350 e. The molecule has 0 radical (unpaired) electrons. The largest absolute Gasteiger partial charge is 0.480 e. The van der Waals surface area contributed by atoms with E-state index in [9.17, 15) is 4.79 Å². The van der Waals surface area contributed by atoms with Crippen LogP contribution in [0.1, 0.15) is 11.3 Å². The number of hydrogen-bond donors (Lipinski definition) is 2. The summed E-state index contributed by atoms with van der Waals surface area (Å²) >= 11 is 0. The molecule has 24 heavy (non-hydrogen) atoms. The van der Waals surface area contributed by atoms with Gasteiger partial charge in [0.2, 0.25) is 5.88 Å². The summed E-state index contributed by atoms with van der Waals surface area (Å²) in [7, 11) is 3.09. The summed E-state index contributed by atoms with van der Waals surface area (Å²) in [6.07, 6.45) is 3.07. The summed E-state index contributed by atoms with van der Waals surface area (Å²) < 4.78 is 5.20. The number of fused-ring (bicyclic) bond motifs is 1. The van der Waals surface area contributed by atoms with E-state index in [1.807, 2.05) is 36.4 Å². The summed E-state index contributed by atoms with van der Waals surface area (Å²) in [5.41, 5.74) is 5.28. The molecular weight excluding hydrogens is 308 g/mol. The zero-order valence-corrected chi connectivity index (χ0v) is 13.2. The van der Waals surface area contributed by atoms with E-state index in [0.717, 1.165) is 16.5 Å². The van der Waals surface area contributed by atoms with Gasteiger partial charge in [0.15, 0.2) is 0 Å². The molecule has 0 aliphatic carbocycles. The number of H-pyrrole nitrogens is 1. The maximum Gasteiger partial charge on any atom is 0.350 e. The molecule has 2 N–H and O–H groups in total. The molecule has 7 nitrogen and oxygen atoms in total. The van der Waals surface area contributed by atoms with Crippen molar-refractivity contribution >= 4 is 22.4 Å². The van der Waals surface area contributed by atoms with Crippen LogP contribution >= 0.6 is 0 Å². The van der Waals surface area contributed by atoms with E-state index in [2.05, 4.69) is 20.7 Å². The number of aromatic nitrogens is 3. The number of carbonyl (C=O) groups is 1. The first-order valence-electron chi connectivity index (χ1n) is 7.26. The highest BCUT2D eigenvalue weighted by atomic mass is 16.7. The topological polar surface area (TPSA) is 89.1 Å². The van der Waals surface area contributed by atoms with Gasteiger partial charge in [-0.25, -0.2) is 4.79 Å². The minimum atomic E-state index is -0.513. The van der Waals surface area contributed by atoms with Gasteiger partial charge in [0, 0.05) is 24.9 Å². The molecule has 0 unspecified atom stereocenters. The zero-order chi connectivity index (χ0) is 16.9. The fraction of sp³-hybridized carbons (Fsp3) is 0.118. The molecule has 0 aliphatic heterocycles. The van der Waals surface area contributed by atoms with E-state index in [1.165, 1.54) is 13.1 Å². The van der Waals surface area contributed by atoms with Crippen LogP contribution in [0.3, 0.4) is 0 Å². The Kier molecular flexibility index (Phi) is 4.53. The van der Waals surface area contributed by atoms with Crippen molar-refractivity contribution in [1.82, 2.24) is 20.7 Å². The number of rotatable bonds is 5. The third-order valence-corrected chi connectivity index (χ3v) is 3.44. The highest BCUT2D eigenvalue weighted by Crippen LogP contribution is 2.28. The Morgan fingerprint density at radius 2 is 2.17 bits per heavy atom. The van der Waals surface area contributed by atoms with Gasteiger partial charge in [0.05, 0.1) is 23.7 Å². The Balaban J connectivity index is 2.10. The fourth-order valence-electron chi connectivity index (χ4n) is 2.39. The van der Waals surface area contributed by atoms with E-state index in [1.54, 1.807) is 13.3 Å². The van der Waals surface area contributed by atoms with Crippen LogP contribution < -0.4 is 10.2 Å². The first kappa shape index (κ1) is 15.7. The van der Waals surface area contributed by atoms with Crippen molar-refractivity contribution in [2.45, 2.75) is 0 Å². The van der Waals surface area contributed by atoms with Crippen LogP contribution in [-0.4, -0.2) is 35.3 Å². The Morgan fingerprint density at radius 3 is 2.88 bits per heavy atom. The van der Waals surface area contributed by atoms with Gasteiger partial charge in [-0.3, -0.25) is 10.1 Å². The second kappa shape index (κ2) is 6.93. The van der Waals surface area contributed by atoms with Crippen molar-refractivity contribution in [2.75, 3.05) is 14.2 Å². The van der Waals surface area contributed by atoms with Crippen LogP contribution in [0.25, 0.3) is 16.5 Å². The Morgan fingerprint density at radius 1 is 1.29 bits per heavy atom. The van der Waals surface area contributed by atoms with Crippen LogP contribution in [0.15, 0.2) is 48.7 Å². The minimum absolute atomic E-state index is 0.513. The molecule has 3 rings (SSSR count). The molecule has 2 aromatic heterocycles. The van der Waals surface area contributed by atoms with Crippen molar-refractivity contribution in [3.8, 4) is 5.88 Å². The molecule has 0 amide bonds. The highest BCUT2D eigenvalue weighted by molar-refractivity contribution is 5.97. The number of hydrogen-bond acceptors (Lipinski definition) is 6. The minimum Gasteiger partial charge on any atom is -0.480 e. The molecule has 0 fully saturated rings. The van der Waals surface area contributed by atoms with Crippen LogP contribution in [0, 0.1) is 0 Å². The standard InChI is InChI=1S/C17H16N4O3/c1-18-24-16(22)10-13(14-5-3-4-8-19-14)11-6-7-12-15(9-11)20-21-17(12)23-2/h3-10,18H,1-2H3,(H,20,21)/b13-10-. The van der Waals surface area contributed by atoms with Gasteiger partial charge in [-0.05, 0) is 29.8 Å². The van der Waals surface area contributed by atoms with Crippen molar-refractivity contribution in [3.63, 3.8) is 0 Å². The first-order valence-corrected chi connectivity index (χ1v) is 7.26. The van der Waals surface area contributed by atoms with Gasteiger partial charge in [0.1, 0.15) is 0 Å². The van der Waals surface area contributed by atoms with E-state index < -0.39 is 5.97 Å². The quantitative estimate of drug-likeness (QED) is 0.552. The molecule has 1 aromatic carbocycles. The van der Waals surface area contributed by atoms with Crippen molar-refractivity contribution in [3.05, 3.63) is 59.9 Å². The molecule has 0 saturated heterocycles. The van der Waals surface area contributed by atoms with Crippen LogP contribution in [-0.2, 0) is 9.63 Å². The predicted octanol–water partition coefficient (Wildman–Crippen LogP) is 2.08. The van der Waals surface area contributed by atoms with Crippen molar-refractivity contribution in [1.29, 1.82) is 0 Å². The Labute approximate surface area is 138 Å². The van der Waals surface area contributed by atoms with Gasteiger partial charge in [-0.1, -0.05) is 12.1 Å². The first-order chi connectivity index (χ1) is 11.7. The number of aromatic amines is 1. The average Bonchev–Trinajstić information content (AvgIpc) is 3.03. The SMILES string of the molecule is CNOC(=O)/C=C(/c1ccc2c(OC)n[nH]c2c1)c1ccccn1. The number of pyridine rings is 1. The molecule has 7 heteroatoms. The second-order valence-corrected chi connectivity index (χ2v) is 4.89. The maximum atomic E-state index is 11.9.